The van der Waals surface area contributed by atoms with E-state index in [2.05, 4.69) is 19.9 Å². The highest BCUT2D eigenvalue weighted by Gasteiger charge is 2.07. The van der Waals surface area contributed by atoms with Crippen LogP contribution in [0.15, 0.2) is 12.1 Å². The predicted octanol–water partition coefficient (Wildman–Crippen LogP) is 3.71. The Hall–Kier alpha value is -0.0500. The molecule has 1 aromatic rings. The van der Waals surface area contributed by atoms with Crippen molar-refractivity contribution in [3.8, 4) is 0 Å². The van der Waals surface area contributed by atoms with Crippen molar-refractivity contribution in [2.45, 2.75) is 39.2 Å². The van der Waals surface area contributed by atoms with Gasteiger partial charge in [-0.05, 0) is 37.3 Å². The molecule has 0 saturated heterocycles. The zero-order chi connectivity index (χ0) is 10.6. The van der Waals surface area contributed by atoms with Crippen LogP contribution in [0.25, 0.3) is 0 Å². The molecule has 0 saturated carbocycles. The Morgan fingerprint density at radius 2 is 2.14 bits per heavy atom. The zero-order valence-corrected chi connectivity index (χ0v) is 10.4. The van der Waals surface area contributed by atoms with Crippen LogP contribution in [0.5, 0.6) is 0 Å². The highest BCUT2D eigenvalue weighted by atomic mass is 35.5. The molecule has 1 nitrogen and oxygen atoms in total. The summed E-state index contributed by atoms with van der Waals surface area (Å²) in [4.78, 5) is 1.37. The maximum Gasteiger partial charge on any atom is 0.0931 e. The van der Waals surface area contributed by atoms with Gasteiger partial charge in [0.25, 0.3) is 0 Å². The molecule has 80 valence electrons. The SMILES string of the molecule is CC(C)C(N)CCCc1ccc(Cl)s1. The van der Waals surface area contributed by atoms with Gasteiger partial charge in [0.2, 0.25) is 0 Å². The topological polar surface area (TPSA) is 26.0 Å². The largest absolute Gasteiger partial charge is 0.327 e. The lowest BCUT2D eigenvalue weighted by molar-refractivity contribution is 0.453. The van der Waals surface area contributed by atoms with E-state index < -0.39 is 0 Å². The fourth-order valence-electron chi connectivity index (χ4n) is 1.33. The van der Waals surface area contributed by atoms with Gasteiger partial charge in [-0.15, -0.1) is 11.3 Å². The maximum atomic E-state index is 5.96. The van der Waals surface area contributed by atoms with Crippen molar-refractivity contribution in [3.05, 3.63) is 21.3 Å². The van der Waals surface area contributed by atoms with Crippen LogP contribution in [0.3, 0.4) is 0 Å². The molecule has 1 atom stereocenters. The van der Waals surface area contributed by atoms with Crippen molar-refractivity contribution in [2.75, 3.05) is 0 Å². The van der Waals surface area contributed by atoms with Crippen molar-refractivity contribution < 1.29 is 0 Å². The van der Waals surface area contributed by atoms with Gasteiger partial charge >= 0.3 is 0 Å². The van der Waals surface area contributed by atoms with E-state index in [1.54, 1.807) is 11.3 Å². The summed E-state index contributed by atoms with van der Waals surface area (Å²) in [5.41, 5.74) is 5.96. The van der Waals surface area contributed by atoms with Gasteiger partial charge in [-0.1, -0.05) is 25.4 Å². The van der Waals surface area contributed by atoms with Crippen molar-refractivity contribution in [3.63, 3.8) is 0 Å². The maximum absolute atomic E-state index is 5.96. The fourth-order valence-corrected chi connectivity index (χ4v) is 2.46. The first-order chi connectivity index (χ1) is 6.59. The van der Waals surface area contributed by atoms with Crippen molar-refractivity contribution in [1.82, 2.24) is 0 Å². The summed E-state index contributed by atoms with van der Waals surface area (Å²) in [7, 11) is 0. The summed E-state index contributed by atoms with van der Waals surface area (Å²) in [5, 5.41) is 0. The molecule has 3 heteroatoms. The second kappa shape index (κ2) is 5.74. The van der Waals surface area contributed by atoms with Crippen molar-refractivity contribution in [1.29, 1.82) is 0 Å². The van der Waals surface area contributed by atoms with Crippen LogP contribution in [0.1, 0.15) is 31.6 Å². The molecule has 0 amide bonds. The van der Waals surface area contributed by atoms with Crippen LogP contribution in [0.2, 0.25) is 4.34 Å². The Morgan fingerprint density at radius 1 is 1.43 bits per heavy atom. The van der Waals surface area contributed by atoms with Gasteiger partial charge in [-0.25, -0.2) is 0 Å². The molecule has 1 heterocycles. The van der Waals surface area contributed by atoms with Crippen molar-refractivity contribution >= 4 is 22.9 Å². The minimum atomic E-state index is 0.338. The summed E-state index contributed by atoms with van der Waals surface area (Å²) < 4.78 is 0.883. The number of aryl methyl sites for hydroxylation is 1. The number of hydrogen-bond acceptors (Lipinski definition) is 2. The van der Waals surface area contributed by atoms with E-state index in [0.29, 0.717) is 12.0 Å². The Labute approximate surface area is 95.3 Å². The molecule has 0 fully saturated rings. The molecular weight excluding hydrogens is 214 g/mol. The van der Waals surface area contributed by atoms with E-state index in [1.165, 1.54) is 4.88 Å². The van der Waals surface area contributed by atoms with E-state index >= 15 is 0 Å². The molecule has 1 rings (SSSR count). The first-order valence-electron chi connectivity index (χ1n) is 5.09. The molecule has 2 N–H and O–H groups in total. The van der Waals surface area contributed by atoms with Crippen LogP contribution in [-0.2, 0) is 6.42 Å². The highest BCUT2D eigenvalue weighted by molar-refractivity contribution is 7.16. The summed E-state index contributed by atoms with van der Waals surface area (Å²) in [6, 6.07) is 4.41. The molecule has 0 aliphatic heterocycles. The van der Waals surface area contributed by atoms with Crippen LogP contribution >= 0.6 is 22.9 Å². The second-order valence-electron chi connectivity index (χ2n) is 4.01. The number of halogens is 1. The number of nitrogens with two attached hydrogens (primary N) is 1. The van der Waals surface area contributed by atoms with Crippen molar-refractivity contribution in [2.24, 2.45) is 11.7 Å². The van der Waals surface area contributed by atoms with Gasteiger partial charge in [-0.2, -0.15) is 0 Å². The van der Waals surface area contributed by atoms with Crippen LogP contribution in [-0.4, -0.2) is 6.04 Å². The molecular formula is C11H18ClNS. The Kier molecular flexibility index (Phi) is 4.93. The quantitative estimate of drug-likeness (QED) is 0.822. The van der Waals surface area contributed by atoms with Gasteiger partial charge in [0.15, 0.2) is 0 Å². The third-order valence-corrected chi connectivity index (χ3v) is 3.74. The minimum absolute atomic E-state index is 0.338. The third kappa shape index (κ3) is 3.99. The summed E-state index contributed by atoms with van der Waals surface area (Å²) in [6.07, 6.45) is 3.38. The molecule has 0 bridgehead atoms. The van der Waals surface area contributed by atoms with E-state index in [9.17, 15) is 0 Å². The average Bonchev–Trinajstić information content (AvgIpc) is 2.51. The summed E-state index contributed by atoms with van der Waals surface area (Å²) in [6.45, 7) is 4.35. The Balaban J connectivity index is 2.22. The number of rotatable bonds is 5. The van der Waals surface area contributed by atoms with Gasteiger partial charge in [0.1, 0.15) is 0 Å². The summed E-state index contributed by atoms with van der Waals surface area (Å²) in [5.74, 6) is 0.585. The van der Waals surface area contributed by atoms with E-state index in [4.69, 9.17) is 17.3 Å². The second-order valence-corrected chi connectivity index (χ2v) is 5.81. The molecule has 14 heavy (non-hydrogen) atoms. The highest BCUT2D eigenvalue weighted by Crippen LogP contribution is 2.23. The number of thiophene rings is 1. The van der Waals surface area contributed by atoms with Gasteiger partial charge in [0.05, 0.1) is 4.34 Å². The molecule has 1 unspecified atom stereocenters. The number of hydrogen-bond donors (Lipinski definition) is 1. The first-order valence-corrected chi connectivity index (χ1v) is 6.29. The monoisotopic (exact) mass is 231 g/mol. The molecule has 0 spiro atoms. The molecule has 1 aromatic heterocycles. The van der Waals surface area contributed by atoms with E-state index in [1.807, 2.05) is 6.07 Å². The lowest BCUT2D eigenvalue weighted by Crippen LogP contribution is -2.26. The molecule has 0 aliphatic carbocycles. The molecule has 0 aliphatic rings. The van der Waals surface area contributed by atoms with Gasteiger partial charge < -0.3 is 5.73 Å². The van der Waals surface area contributed by atoms with E-state index in [0.717, 1.165) is 23.6 Å². The van der Waals surface area contributed by atoms with Crippen LogP contribution in [0, 0.1) is 5.92 Å². The van der Waals surface area contributed by atoms with E-state index in [-0.39, 0.29) is 0 Å². The Bertz CT molecular complexity index is 270. The average molecular weight is 232 g/mol. The smallest absolute Gasteiger partial charge is 0.0931 e. The Morgan fingerprint density at radius 3 is 2.64 bits per heavy atom. The normalized spacial score (nSPS) is 13.5. The molecule has 0 aromatic carbocycles. The van der Waals surface area contributed by atoms with Crippen LogP contribution in [0.4, 0.5) is 0 Å². The molecule has 0 radical (unpaired) electrons. The zero-order valence-electron chi connectivity index (χ0n) is 8.79. The van der Waals surface area contributed by atoms with Crippen LogP contribution < -0.4 is 5.73 Å². The third-order valence-electron chi connectivity index (χ3n) is 2.45. The lowest BCUT2D eigenvalue weighted by atomic mass is 9.99. The standard InChI is InChI=1S/C11H18ClNS/c1-8(2)10(13)5-3-4-9-6-7-11(12)14-9/h6-8,10H,3-5,13H2,1-2H3. The first kappa shape index (κ1) is 12.0. The van der Waals surface area contributed by atoms with Gasteiger partial charge in [-0.3, -0.25) is 0 Å². The van der Waals surface area contributed by atoms with Gasteiger partial charge in [0, 0.05) is 10.9 Å². The fraction of sp³-hybridized carbons (Fsp3) is 0.636. The minimum Gasteiger partial charge on any atom is -0.327 e. The summed E-state index contributed by atoms with van der Waals surface area (Å²) >= 11 is 7.52. The lowest BCUT2D eigenvalue weighted by Gasteiger charge is -2.14. The predicted molar refractivity (Wildman–Crippen MR) is 65.1 cm³/mol.